The number of rotatable bonds is 4. The summed E-state index contributed by atoms with van der Waals surface area (Å²) >= 11 is 0. The zero-order valence-corrected chi connectivity index (χ0v) is 15.0. The van der Waals surface area contributed by atoms with Crippen molar-refractivity contribution in [1.29, 1.82) is 0 Å². The quantitative estimate of drug-likeness (QED) is 0.771. The van der Waals surface area contributed by atoms with Crippen molar-refractivity contribution in [3.63, 3.8) is 0 Å². The molecular formula is C19H22ClN3O2. The molecule has 1 aliphatic rings. The monoisotopic (exact) mass is 359 g/mol. The molecule has 1 aliphatic heterocycles. The molecule has 0 atom stereocenters. The Hall–Kier alpha value is -1.95. The minimum atomic E-state index is -0.185. The molecule has 1 N–H and O–H groups in total. The molecule has 4 rings (SSSR count). The van der Waals surface area contributed by atoms with Crippen LogP contribution in [0.5, 0.6) is 0 Å². The Bertz CT molecular complexity index is 833. The van der Waals surface area contributed by atoms with E-state index in [2.05, 4.69) is 28.7 Å². The molecule has 1 fully saturated rings. The number of piperidine rings is 1. The molecule has 2 aromatic carbocycles. The predicted octanol–water partition coefficient (Wildman–Crippen LogP) is 3.58. The minimum Gasteiger partial charge on any atom is -0.384 e. The second kappa shape index (κ2) is 7.52. The second-order valence-electron chi connectivity index (χ2n) is 6.41. The molecular weight excluding hydrogens is 338 g/mol. The Morgan fingerprint density at radius 2 is 1.88 bits per heavy atom. The minimum absolute atomic E-state index is 0. The van der Waals surface area contributed by atoms with E-state index in [0.29, 0.717) is 18.3 Å². The van der Waals surface area contributed by atoms with Crippen LogP contribution in [0.25, 0.3) is 22.2 Å². The van der Waals surface area contributed by atoms with Crippen LogP contribution in [0.2, 0.25) is 0 Å². The highest BCUT2D eigenvalue weighted by molar-refractivity contribution is 5.94. The Kier molecular flexibility index (Phi) is 5.37. The van der Waals surface area contributed by atoms with E-state index in [-0.39, 0.29) is 17.8 Å². The van der Waals surface area contributed by atoms with E-state index in [1.54, 1.807) is 7.11 Å². The Morgan fingerprint density at radius 3 is 2.68 bits per heavy atom. The maximum Gasteiger partial charge on any atom is 0.235 e. The van der Waals surface area contributed by atoms with Crippen molar-refractivity contribution in [3.8, 4) is 11.4 Å². The van der Waals surface area contributed by atoms with Crippen molar-refractivity contribution >= 4 is 23.2 Å². The van der Waals surface area contributed by atoms with Crippen LogP contribution in [0.4, 0.5) is 0 Å². The third-order valence-corrected chi connectivity index (χ3v) is 4.89. The zero-order chi connectivity index (χ0) is 16.4. The second-order valence-corrected chi connectivity index (χ2v) is 6.41. The first-order chi connectivity index (χ1) is 11.8. The fourth-order valence-electron chi connectivity index (χ4n) is 3.57. The van der Waals surface area contributed by atoms with Crippen molar-refractivity contribution in [2.75, 3.05) is 26.8 Å². The number of nitrogens with one attached hydrogen (secondary N) is 1. The Labute approximate surface area is 153 Å². The molecule has 0 aliphatic carbocycles. The van der Waals surface area contributed by atoms with E-state index >= 15 is 0 Å². The van der Waals surface area contributed by atoms with Crippen LogP contribution in [-0.2, 0) is 10.2 Å². The van der Waals surface area contributed by atoms with Crippen LogP contribution in [-0.4, -0.2) is 36.9 Å². The first kappa shape index (κ1) is 17.9. The highest BCUT2D eigenvalue weighted by atomic mass is 35.5. The average molecular weight is 360 g/mol. The fourth-order valence-corrected chi connectivity index (χ4v) is 3.57. The lowest BCUT2D eigenvalue weighted by molar-refractivity contribution is 0.0850. The van der Waals surface area contributed by atoms with Gasteiger partial charge in [0, 0.05) is 12.7 Å². The molecule has 0 spiro atoms. The van der Waals surface area contributed by atoms with Crippen LogP contribution in [0.1, 0.15) is 18.7 Å². The van der Waals surface area contributed by atoms with Crippen LogP contribution in [0, 0.1) is 0 Å². The number of fused-ring (bicyclic) bond motifs is 1. The average Bonchev–Trinajstić information content (AvgIpc) is 3.13. The summed E-state index contributed by atoms with van der Waals surface area (Å²) in [5.41, 5.74) is 0.820. The summed E-state index contributed by atoms with van der Waals surface area (Å²) < 4.78 is 11.2. The van der Waals surface area contributed by atoms with E-state index in [9.17, 15) is 0 Å². The molecule has 5 nitrogen and oxygen atoms in total. The van der Waals surface area contributed by atoms with Crippen LogP contribution < -0.4 is 5.32 Å². The molecule has 0 saturated carbocycles. The van der Waals surface area contributed by atoms with Crippen molar-refractivity contribution < 1.29 is 9.26 Å². The van der Waals surface area contributed by atoms with Gasteiger partial charge in [-0.2, -0.15) is 4.98 Å². The molecule has 6 heteroatoms. The van der Waals surface area contributed by atoms with Gasteiger partial charge in [0.05, 0.1) is 12.0 Å². The smallest absolute Gasteiger partial charge is 0.235 e. The maximum atomic E-state index is 5.69. The van der Waals surface area contributed by atoms with E-state index < -0.39 is 0 Å². The first-order valence-corrected chi connectivity index (χ1v) is 8.34. The standard InChI is InChI=1S/C19H21N3O2.ClH/c1-23-13-19(9-11-20-12-10-19)18-21-17(22-24-18)16-8-4-6-14-5-2-3-7-15(14)16;/h2-8,20H,9-13H2,1H3;1H. The van der Waals surface area contributed by atoms with Crippen molar-refractivity contribution in [3.05, 3.63) is 48.4 Å². The van der Waals surface area contributed by atoms with E-state index in [0.717, 1.165) is 36.9 Å². The third kappa shape index (κ3) is 3.27. The topological polar surface area (TPSA) is 60.2 Å². The highest BCUT2D eigenvalue weighted by Gasteiger charge is 2.39. The first-order valence-electron chi connectivity index (χ1n) is 8.34. The lowest BCUT2D eigenvalue weighted by Gasteiger charge is -2.33. The van der Waals surface area contributed by atoms with Gasteiger partial charge in [-0.1, -0.05) is 47.6 Å². The van der Waals surface area contributed by atoms with Gasteiger partial charge in [-0.15, -0.1) is 12.4 Å². The summed E-state index contributed by atoms with van der Waals surface area (Å²) in [6.07, 6.45) is 1.88. The Morgan fingerprint density at radius 1 is 1.12 bits per heavy atom. The number of halogens is 1. The van der Waals surface area contributed by atoms with Gasteiger partial charge in [0.15, 0.2) is 0 Å². The number of methoxy groups -OCH3 is 1. The van der Waals surface area contributed by atoms with Gasteiger partial charge in [-0.25, -0.2) is 0 Å². The molecule has 2 heterocycles. The number of hydrogen-bond acceptors (Lipinski definition) is 5. The summed E-state index contributed by atoms with van der Waals surface area (Å²) in [5.74, 6) is 1.34. The van der Waals surface area contributed by atoms with E-state index in [1.165, 1.54) is 5.39 Å². The van der Waals surface area contributed by atoms with Crippen molar-refractivity contribution in [2.24, 2.45) is 0 Å². The molecule has 1 saturated heterocycles. The van der Waals surface area contributed by atoms with E-state index in [1.807, 2.05) is 24.3 Å². The van der Waals surface area contributed by atoms with Gasteiger partial charge in [0.1, 0.15) is 0 Å². The van der Waals surface area contributed by atoms with Gasteiger partial charge >= 0.3 is 0 Å². The van der Waals surface area contributed by atoms with Gasteiger partial charge in [-0.3, -0.25) is 0 Å². The maximum absolute atomic E-state index is 5.69. The van der Waals surface area contributed by atoms with Gasteiger partial charge in [0.25, 0.3) is 0 Å². The highest BCUT2D eigenvalue weighted by Crippen LogP contribution is 2.35. The lowest BCUT2D eigenvalue weighted by Crippen LogP contribution is -2.43. The zero-order valence-electron chi connectivity index (χ0n) is 14.2. The molecule has 0 amide bonds. The molecule has 1 aromatic heterocycles. The summed E-state index contributed by atoms with van der Waals surface area (Å²) in [4.78, 5) is 4.76. The molecule has 0 bridgehead atoms. The third-order valence-electron chi connectivity index (χ3n) is 4.89. The number of aromatic nitrogens is 2. The summed E-state index contributed by atoms with van der Waals surface area (Å²) in [6.45, 7) is 2.48. The molecule has 0 unspecified atom stereocenters. The molecule has 25 heavy (non-hydrogen) atoms. The van der Waals surface area contributed by atoms with Gasteiger partial charge < -0.3 is 14.6 Å². The van der Waals surface area contributed by atoms with Crippen molar-refractivity contribution in [1.82, 2.24) is 15.5 Å². The molecule has 3 aromatic rings. The summed E-state index contributed by atoms with van der Waals surface area (Å²) in [6, 6.07) is 14.4. The van der Waals surface area contributed by atoms with Crippen LogP contribution in [0.3, 0.4) is 0 Å². The van der Waals surface area contributed by atoms with Crippen LogP contribution in [0.15, 0.2) is 47.0 Å². The van der Waals surface area contributed by atoms with Crippen LogP contribution >= 0.6 is 12.4 Å². The van der Waals surface area contributed by atoms with Gasteiger partial charge in [-0.05, 0) is 36.7 Å². The van der Waals surface area contributed by atoms with Gasteiger partial charge in [0.2, 0.25) is 11.7 Å². The number of hydrogen-bond donors (Lipinski definition) is 1. The lowest BCUT2D eigenvalue weighted by atomic mass is 9.79. The predicted molar refractivity (Wildman–Crippen MR) is 100 cm³/mol. The molecule has 132 valence electrons. The largest absolute Gasteiger partial charge is 0.384 e. The summed E-state index contributed by atoms with van der Waals surface area (Å²) in [5, 5.41) is 9.98. The molecule has 0 radical (unpaired) electrons. The summed E-state index contributed by atoms with van der Waals surface area (Å²) in [7, 11) is 1.73. The number of ether oxygens (including phenoxy) is 1. The Balaban J connectivity index is 0.00000182. The SMILES string of the molecule is COCC1(c2nc(-c3cccc4ccccc34)no2)CCNCC1.Cl. The van der Waals surface area contributed by atoms with E-state index in [4.69, 9.17) is 14.2 Å². The normalized spacial score (nSPS) is 16.5. The van der Waals surface area contributed by atoms with Crippen molar-refractivity contribution in [2.45, 2.75) is 18.3 Å². The fraction of sp³-hybridized carbons (Fsp3) is 0.368. The number of benzene rings is 2. The number of nitrogens with zero attached hydrogens (tertiary/aromatic N) is 2.